The van der Waals surface area contributed by atoms with Gasteiger partial charge in [-0.05, 0) is 92.2 Å². The van der Waals surface area contributed by atoms with Gasteiger partial charge in [-0.15, -0.1) is 0 Å². The minimum Gasteiger partial charge on any atom is -0.497 e. The van der Waals surface area contributed by atoms with Crippen molar-refractivity contribution < 1.29 is 22.7 Å². The molecule has 0 bridgehead atoms. The molecule has 3 aliphatic rings. The molecule has 234 valence electrons. The number of carbonyl (C=O) groups excluding carboxylic acids is 2. The van der Waals surface area contributed by atoms with Crippen LogP contribution in [-0.2, 0) is 21.5 Å². The molecule has 0 spiro atoms. The molecule has 0 unspecified atom stereocenters. The van der Waals surface area contributed by atoms with Crippen LogP contribution in [0.1, 0.15) is 78.8 Å². The van der Waals surface area contributed by atoms with Crippen LogP contribution in [0.15, 0.2) is 42.0 Å². The van der Waals surface area contributed by atoms with Gasteiger partial charge in [-0.25, -0.2) is 9.86 Å². The Labute approximate surface area is 258 Å². The van der Waals surface area contributed by atoms with E-state index >= 15 is 0 Å². The summed E-state index contributed by atoms with van der Waals surface area (Å²) in [4.78, 5) is 29.0. The van der Waals surface area contributed by atoms with E-state index in [1.807, 2.05) is 35.1 Å². The van der Waals surface area contributed by atoms with E-state index in [-0.39, 0.29) is 11.5 Å². The number of nitrogens with two attached hydrogens (primary N) is 1. The molecule has 2 aliphatic heterocycles. The van der Waals surface area contributed by atoms with E-state index in [2.05, 4.69) is 14.8 Å². The SMILES string of the molecule is COc1ccc2c(c1)C=C(C(=O)NCCN1CCCCC1)Cn1c-2c(C2CCCCC2)c2ccc(C(=O)NS(N)(=O)=O)cc21. The number of rotatable bonds is 8. The molecule has 1 aromatic heterocycles. The van der Waals surface area contributed by atoms with Crippen molar-refractivity contribution in [3.05, 3.63) is 58.7 Å². The highest BCUT2D eigenvalue weighted by atomic mass is 32.2. The lowest BCUT2D eigenvalue weighted by Crippen LogP contribution is -2.38. The maximum Gasteiger partial charge on any atom is 0.298 e. The molecule has 4 N–H and O–H groups in total. The molecule has 1 aliphatic carbocycles. The van der Waals surface area contributed by atoms with Crippen molar-refractivity contribution in [1.29, 1.82) is 0 Å². The van der Waals surface area contributed by atoms with Crippen LogP contribution in [0.3, 0.4) is 0 Å². The molecule has 1 saturated carbocycles. The summed E-state index contributed by atoms with van der Waals surface area (Å²) in [7, 11) is -2.59. The van der Waals surface area contributed by atoms with Gasteiger partial charge in [0.25, 0.3) is 16.1 Å². The summed E-state index contributed by atoms with van der Waals surface area (Å²) in [5.41, 5.74) is 5.69. The fourth-order valence-corrected chi connectivity index (χ4v) is 7.51. The molecule has 2 aromatic carbocycles. The van der Waals surface area contributed by atoms with Gasteiger partial charge < -0.3 is 19.5 Å². The van der Waals surface area contributed by atoms with Crippen LogP contribution in [-0.4, -0.2) is 63.0 Å². The van der Waals surface area contributed by atoms with Crippen LogP contribution in [0, 0.1) is 0 Å². The van der Waals surface area contributed by atoms with Crippen molar-refractivity contribution in [3.63, 3.8) is 0 Å². The van der Waals surface area contributed by atoms with E-state index in [9.17, 15) is 18.0 Å². The summed E-state index contributed by atoms with van der Waals surface area (Å²) in [6, 6.07) is 11.2. The van der Waals surface area contributed by atoms with Gasteiger partial charge in [-0.1, -0.05) is 31.7 Å². The number of likely N-dealkylation sites (tertiary alicyclic amines) is 1. The van der Waals surface area contributed by atoms with Crippen molar-refractivity contribution in [2.75, 3.05) is 33.3 Å². The number of fused-ring (bicyclic) bond motifs is 5. The molecule has 6 rings (SSSR count). The molecule has 10 nitrogen and oxygen atoms in total. The third kappa shape index (κ3) is 6.40. The first-order valence-corrected chi connectivity index (χ1v) is 17.2. The molecule has 3 heterocycles. The van der Waals surface area contributed by atoms with Gasteiger partial charge in [-0.2, -0.15) is 8.42 Å². The van der Waals surface area contributed by atoms with Crippen LogP contribution in [0.2, 0.25) is 0 Å². The highest BCUT2D eigenvalue weighted by Crippen LogP contribution is 2.47. The molecule has 2 fully saturated rings. The van der Waals surface area contributed by atoms with Crippen LogP contribution in [0.25, 0.3) is 28.2 Å². The number of carbonyl (C=O) groups is 2. The Morgan fingerprint density at radius 1 is 0.977 bits per heavy atom. The first kappa shape index (κ1) is 30.4. The highest BCUT2D eigenvalue weighted by Gasteiger charge is 2.31. The third-order valence-corrected chi connectivity index (χ3v) is 9.71. The van der Waals surface area contributed by atoms with Gasteiger partial charge in [0.2, 0.25) is 5.91 Å². The summed E-state index contributed by atoms with van der Waals surface area (Å²) in [5.74, 6) is 0.0963. The van der Waals surface area contributed by atoms with E-state index in [1.165, 1.54) is 31.2 Å². The fraction of sp³-hybridized carbons (Fsp3) is 0.455. The van der Waals surface area contributed by atoms with Gasteiger partial charge in [0, 0.05) is 40.7 Å². The molecular weight excluding hydrogens is 578 g/mol. The van der Waals surface area contributed by atoms with Gasteiger partial charge in [0.15, 0.2) is 0 Å². The number of methoxy groups -OCH3 is 1. The van der Waals surface area contributed by atoms with Gasteiger partial charge in [-0.3, -0.25) is 9.59 Å². The Hall–Kier alpha value is -3.67. The summed E-state index contributed by atoms with van der Waals surface area (Å²) in [6.45, 7) is 3.80. The zero-order chi connectivity index (χ0) is 30.8. The Morgan fingerprint density at radius 2 is 1.73 bits per heavy atom. The largest absolute Gasteiger partial charge is 0.497 e. The zero-order valence-corrected chi connectivity index (χ0v) is 26.0. The zero-order valence-electron chi connectivity index (χ0n) is 25.2. The third-order valence-electron chi connectivity index (χ3n) is 9.24. The highest BCUT2D eigenvalue weighted by molar-refractivity contribution is 7.87. The van der Waals surface area contributed by atoms with E-state index in [0.29, 0.717) is 30.3 Å². The fourth-order valence-electron chi connectivity index (χ4n) is 7.13. The Balaban J connectivity index is 1.46. The first-order chi connectivity index (χ1) is 21.2. The molecular formula is C33H41N5O5S. The van der Waals surface area contributed by atoms with E-state index in [1.54, 1.807) is 19.2 Å². The normalized spacial score (nSPS) is 17.7. The Kier molecular flexibility index (Phi) is 8.80. The van der Waals surface area contributed by atoms with Crippen molar-refractivity contribution in [2.24, 2.45) is 5.14 Å². The average molecular weight is 620 g/mol. The van der Waals surface area contributed by atoms with Crippen molar-refractivity contribution >= 4 is 39.0 Å². The van der Waals surface area contributed by atoms with Crippen LogP contribution in [0.4, 0.5) is 0 Å². The number of piperidine rings is 1. The number of hydrogen-bond acceptors (Lipinski definition) is 6. The first-order valence-electron chi connectivity index (χ1n) is 15.6. The molecule has 1 saturated heterocycles. The predicted octanol–water partition coefficient (Wildman–Crippen LogP) is 4.30. The second kappa shape index (κ2) is 12.7. The lowest BCUT2D eigenvalue weighted by atomic mass is 9.81. The predicted molar refractivity (Wildman–Crippen MR) is 172 cm³/mol. The van der Waals surface area contributed by atoms with E-state index in [0.717, 1.165) is 73.0 Å². The molecule has 3 aromatic rings. The lowest BCUT2D eigenvalue weighted by molar-refractivity contribution is -0.117. The molecule has 0 radical (unpaired) electrons. The van der Waals surface area contributed by atoms with Crippen LogP contribution in [0.5, 0.6) is 5.75 Å². The molecule has 0 atom stereocenters. The molecule has 2 amide bonds. The lowest BCUT2D eigenvalue weighted by Gasteiger charge is -2.26. The average Bonchev–Trinajstić information content (AvgIpc) is 3.23. The smallest absolute Gasteiger partial charge is 0.298 e. The number of nitrogens with zero attached hydrogens (tertiary/aromatic N) is 2. The minimum atomic E-state index is -4.23. The summed E-state index contributed by atoms with van der Waals surface area (Å²) >= 11 is 0. The summed E-state index contributed by atoms with van der Waals surface area (Å²) in [6.07, 6.45) is 11.2. The molecule has 44 heavy (non-hydrogen) atoms. The maximum atomic E-state index is 13.8. The van der Waals surface area contributed by atoms with Gasteiger partial charge in [0.1, 0.15) is 5.75 Å². The minimum absolute atomic E-state index is 0.132. The summed E-state index contributed by atoms with van der Waals surface area (Å²) < 4.78 is 32.9. The Morgan fingerprint density at radius 3 is 2.45 bits per heavy atom. The standard InChI is InChI=1S/C33H41N5O5S/c1-43-26-11-13-27-24(19-26)18-25(32(39)35-14-17-37-15-6-3-7-16-37)21-38-29-20-23(33(40)36-44(34,41)42)10-12-28(29)30(31(27)38)22-8-4-2-5-9-22/h10-13,18-20,22H,2-9,14-17,21H2,1H3,(H,35,39)(H,36,40)(H2,34,41,42). The van der Waals surface area contributed by atoms with Crippen molar-refractivity contribution in [2.45, 2.75) is 63.8 Å². The number of ether oxygens (including phenoxy) is 1. The van der Waals surface area contributed by atoms with Gasteiger partial charge in [0.05, 0.1) is 19.3 Å². The van der Waals surface area contributed by atoms with Crippen LogP contribution < -0.4 is 19.9 Å². The number of nitrogens with one attached hydrogen (secondary N) is 2. The monoisotopic (exact) mass is 619 g/mol. The maximum absolute atomic E-state index is 13.8. The van der Waals surface area contributed by atoms with Crippen LogP contribution >= 0.6 is 0 Å². The second-order valence-corrected chi connectivity index (χ2v) is 13.5. The van der Waals surface area contributed by atoms with Crippen molar-refractivity contribution in [3.8, 4) is 17.0 Å². The number of amides is 2. The summed E-state index contributed by atoms with van der Waals surface area (Å²) in [5, 5.41) is 9.27. The number of aromatic nitrogens is 1. The van der Waals surface area contributed by atoms with Crippen molar-refractivity contribution in [1.82, 2.24) is 19.5 Å². The van der Waals surface area contributed by atoms with Gasteiger partial charge >= 0.3 is 0 Å². The quantitative estimate of drug-likeness (QED) is 0.344. The topological polar surface area (TPSA) is 136 Å². The Bertz CT molecular complexity index is 1720. The second-order valence-electron chi connectivity index (χ2n) is 12.2. The number of benzene rings is 2. The number of hydrogen-bond donors (Lipinski definition) is 3. The molecule has 11 heteroatoms. The van der Waals surface area contributed by atoms with E-state index in [4.69, 9.17) is 9.88 Å². The van der Waals surface area contributed by atoms with E-state index < -0.39 is 16.1 Å².